The number of anilines is 1. The topological polar surface area (TPSA) is 96.6 Å². The van der Waals surface area contributed by atoms with Crippen LogP contribution in [0.1, 0.15) is 34.9 Å². The van der Waals surface area contributed by atoms with Crippen molar-refractivity contribution < 1.29 is 14.0 Å². The van der Waals surface area contributed by atoms with E-state index in [1.54, 1.807) is 15.5 Å². The molecule has 0 spiro atoms. The van der Waals surface area contributed by atoms with E-state index in [9.17, 15) is 14.0 Å². The van der Waals surface area contributed by atoms with E-state index in [0.29, 0.717) is 17.1 Å². The largest absolute Gasteiger partial charge is 0.350 e. The molecule has 1 aliphatic rings. The van der Waals surface area contributed by atoms with E-state index in [0.717, 1.165) is 47.1 Å². The number of aryl methyl sites for hydroxylation is 1. The lowest BCUT2D eigenvalue weighted by atomic mass is 10.0. The number of carbonyl (C=O) groups is 2. The van der Waals surface area contributed by atoms with Crippen molar-refractivity contribution >= 4 is 44.0 Å². The highest BCUT2D eigenvalue weighted by atomic mass is 28.2. The van der Waals surface area contributed by atoms with E-state index in [1.165, 1.54) is 12.1 Å². The number of nitrogens with zero attached hydrogens (tertiary/aromatic N) is 5. The zero-order chi connectivity index (χ0) is 28.7. The van der Waals surface area contributed by atoms with Crippen molar-refractivity contribution in [3.05, 3.63) is 83.9 Å². The molecule has 2 N–H and O–H groups in total. The third-order valence-electron chi connectivity index (χ3n) is 7.80. The van der Waals surface area contributed by atoms with Crippen LogP contribution in [0.5, 0.6) is 0 Å². The van der Waals surface area contributed by atoms with Gasteiger partial charge in [0.25, 0.3) is 11.9 Å². The molecule has 3 aromatic heterocycles. The maximum atomic E-state index is 13.8. The highest BCUT2D eigenvalue weighted by Gasteiger charge is 2.24. The van der Waals surface area contributed by atoms with Gasteiger partial charge in [0.15, 0.2) is 5.65 Å². The fraction of sp³-hybridized carbons (Fsp3) is 0.267. The Morgan fingerprint density at radius 1 is 1.12 bits per heavy atom. The molecule has 1 aliphatic heterocycles. The number of pyridine rings is 1. The number of rotatable bonds is 6. The second-order valence-electron chi connectivity index (χ2n) is 10.8. The van der Waals surface area contributed by atoms with Gasteiger partial charge in [-0.2, -0.15) is 4.98 Å². The molecule has 3 amide bonds. The molecule has 0 aliphatic carbocycles. The van der Waals surface area contributed by atoms with Gasteiger partial charge >= 0.3 is 6.03 Å². The third-order valence-corrected chi connectivity index (χ3v) is 9.29. The summed E-state index contributed by atoms with van der Waals surface area (Å²) in [6, 6.07) is 16.1. The fourth-order valence-corrected chi connectivity index (χ4v) is 6.66. The number of hydrogen-bond acceptors (Lipinski definition) is 4. The summed E-state index contributed by atoms with van der Waals surface area (Å²) in [5, 5.41) is 11.2. The van der Waals surface area contributed by atoms with Gasteiger partial charge in [-0.3, -0.25) is 10.1 Å². The van der Waals surface area contributed by atoms with Crippen molar-refractivity contribution in [2.45, 2.75) is 25.6 Å². The number of carbonyl (C=O) groups excluding carboxylic acids is 2. The van der Waals surface area contributed by atoms with Crippen LogP contribution in [-0.2, 0) is 7.05 Å². The minimum Gasteiger partial charge on any atom is -0.350 e. The minimum absolute atomic E-state index is 0.171. The van der Waals surface area contributed by atoms with Gasteiger partial charge < -0.3 is 14.8 Å². The fourth-order valence-electron chi connectivity index (χ4n) is 5.54. The molecule has 5 aromatic rings. The van der Waals surface area contributed by atoms with Gasteiger partial charge in [0, 0.05) is 58.6 Å². The molecule has 41 heavy (non-hydrogen) atoms. The smallest absolute Gasteiger partial charge is 0.324 e. The van der Waals surface area contributed by atoms with Crippen LogP contribution in [0.15, 0.2) is 67.0 Å². The Morgan fingerprint density at radius 3 is 2.71 bits per heavy atom. The number of halogens is 1. The van der Waals surface area contributed by atoms with Gasteiger partial charge in [0.1, 0.15) is 5.82 Å². The number of amides is 3. The normalized spacial score (nSPS) is 16.2. The van der Waals surface area contributed by atoms with Crippen LogP contribution in [0.4, 0.5) is 15.1 Å². The van der Waals surface area contributed by atoms with Gasteiger partial charge in [-0.1, -0.05) is 31.7 Å². The van der Waals surface area contributed by atoms with E-state index < -0.39 is 9.52 Å². The van der Waals surface area contributed by atoms with Gasteiger partial charge in [-0.15, -0.1) is 5.10 Å². The Bertz CT molecular complexity index is 1780. The number of aromatic nitrogens is 4. The van der Waals surface area contributed by atoms with Crippen LogP contribution in [-0.4, -0.2) is 58.6 Å². The summed E-state index contributed by atoms with van der Waals surface area (Å²) >= 11 is 0. The summed E-state index contributed by atoms with van der Waals surface area (Å²) in [5.74, 6) is 0.266. The van der Waals surface area contributed by atoms with Gasteiger partial charge in [0.2, 0.25) is 0 Å². The molecule has 1 fully saturated rings. The maximum absolute atomic E-state index is 13.8. The number of likely N-dealkylation sites (tertiary alicyclic amines) is 1. The van der Waals surface area contributed by atoms with Crippen LogP contribution >= 0.6 is 0 Å². The Balaban J connectivity index is 1.26. The van der Waals surface area contributed by atoms with Crippen LogP contribution in [0.25, 0.3) is 27.7 Å². The Hall–Kier alpha value is -4.51. The lowest BCUT2D eigenvalue weighted by Gasteiger charge is -2.17. The SMILES string of the molecule is C[SiH2][C@H](NC(=O)c1cn(C)c2ccc(-c3ccn4nc(NC(=O)N5CC[C@@H](C)C5)nc4c3)cc12)c1cccc(F)c1. The maximum Gasteiger partial charge on any atom is 0.324 e. The van der Waals surface area contributed by atoms with Crippen LogP contribution < -0.4 is 10.6 Å². The Kier molecular flexibility index (Phi) is 7.04. The van der Waals surface area contributed by atoms with E-state index in [4.69, 9.17) is 0 Å². The predicted molar refractivity (Wildman–Crippen MR) is 160 cm³/mol. The zero-order valence-electron chi connectivity index (χ0n) is 23.3. The quantitative estimate of drug-likeness (QED) is 0.294. The first kappa shape index (κ1) is 26.7. The average molecular weight is 570 g/mol. The van der Waals surface area contributed by atoms with Gasteiger partial charge in [0.05, 0.1) is 5.56 Å². The summed E-state index contributed by atoms with van der Waals surface area (Å²) in [6.45, 7) is 5.70. The van der Waals surface area contributed by atoms with E-state index in [1.807, 2.05) is 60.4 Å². The lowest BCUT2D eigenvalue weighted by molar-refractivity contribution is 0.0949. The molecule has 0 saturated carbocycles. The molecular formula is C30H32FN7O2Si. The minimum atomic E-state index is -0.710. The average Bonchev–Trinajstić information content (AvgIpc) is 3.67. The second kappa shape index (κ2) is 10.8. The Morgan fingerprint density at radius 2 is 1.95 bits per heavy atom. The monoisotopic (exact) mass is 569 g/mol. The van der Waals surface area contributed by atoms with Crippen LogP contribution in [0.3, 0.4) is 0 Å². The molecule has 0 radical (unpaired) electrons. The molecule has 210 valence electrons. The number of urea groups is 1. The van der Waals surface area contributed by atoms with Crippen molar-refractivity contribution in [1.82, 2.24) is 29.4 Å². The van der Waals surface area contributed by atoms with Crippen molar-refractivity contribution in [2.24, 2.45) is 13.0 Å². The van der Waals surface area contributed by atoms with Crippen LogP contribution in [0.2, 0.25) is 6.55 Å². The lowest BCUT2D eigenvalue weighted by Crippen LogP contribution is -2.33. The van der Waals surface area contributed by atoms with Gasteiger partial charge in [-0.05, 0) is 65.4 Å². The highest BCUT2D eigenvalue weighted by molar-refractivity contribution is 6.36. The predicted octanol–water partition coefficient (Wildman–Crippen LogP) is 4.55. The van der Waals surface area contributed by atoms with Crippen molar-refractivity contribution in [1.29, 1.82) is 0 Å². The molecular weight excluding hydrogens is 537 g/mol. The summed E-state index contributed by atoms with van der Waals surface area (Å²) in [5.41, 5.74) is 4.55. The standard InChI is InChI=1S/C30H32FN7O2Si/c1-18-9-11-37(16-18)30(40)34-29-32-26-15-20(10-12-38(26)35-29)19-7-8-25-23(14-19)24(17-36(25)2)27(39)33-28(41-3)21-5-4-6-22(31)13-21/h4-8,10,12-15,17-18,28H,9,11,16,41H2,1-3H3,(H,33,39)(H,34,35,40)/t18-,28+/m1/s1. The molecule has 6 rings (SSSR count). The molecule has 0 bridgehead atoms. The van der Waals surface area contributed by atoms with E-state index in [-0.39, 0.29) is 29.4 Å². The van der Waals surface area contributed by atoms with Crippen molar-refractivity contribution in [3.8, 4) is 11.1 Å². The number of benzene rings is 2. The first-order chi connectivity index (χ1) is 19.8. The first-order valence-corrected chi connectivity index (χ1v) is 16.1. The second-order valence-corrected chi connectivity index (χ2v) is 12.4. The van der Waals surface area contributed by atoms with Crippen molar-refractivity contribution in [2.75, 3.05) is 18.4 Å². The molecule has 2 aromatic carbocycles. The molecule has 11 heteroatoms. The summed E-state index contributed by atoms with van der Waals surface area (Å²) in [7, 11) is 1.20. The number of fused-ring (bicyclic) bond motifs is 2. The summed E-state index contributed by atoms with van der Waals surface area (Å²) in [4.78, 5) is 32.4. The van der Waals surface area contributed by atoms with E-state index >= 15 is 0 Å². The number of hydrogen-bond donors (Lipinski definition) is 2. The van der Waals surface area contributed by atoms with E-state index in [2.05, 4.69) is 34.2 Å². The molecule has 4 heterocycles. The number of nitrogens with one attached hydrogen (secondary N) is 2. The summed E-state index contributed by atoms with van der Waals surface area (Å²) in [6.07, 6.45) is 4.64. The van der Waals surface area contributed by atoms with Crippen molar-refractivity contribution in [3.63, 3.8) is 0 Å². The summed E-state index contributed by atoms with van der Waals surface area (Å²) < 4.78 is 17.4. The van der Waals surface area contributed by atoms with Gasteiger partial charge in [-0.25, -0.2) is 13.7 Å². The molecule has 1 saturated heterocycles. The highest BCUT2D eigenvalue weighted by Crippen LogP contribution is 2.29. The van der Waals surface area contributed by atoms with Crippen LogP contribution in [0, 0.1) is 11.7 Å². The first-order valence-electron chi connectivity index (χ1n) is 13.9. The Labute approximate surface area is 239 Å². The molecule has 0 unspecified atom stereocenters. The third kappa shape index (κ3) is 5.32. The zero-order valence-corrected chi connectivity index (χ0v) is 24.7. The molecule has 2 atom stereocenters. The molecule has 9 nitrogen and oxygen atoms in total.